The normalized spacial score (nSPS) is 19.9. The van der Waals surface area contributed by atoms with Gasteiger partial charge in [0.2, 0.25) is 0 Å². The van der Waals surface area contributed by atoms with E-state index >= 15 is 0 Å². The molecule has 0 saturated heterocycles. The summed E-state index contributed by atoms with van der Waals surface area (Å²) in [6.45, 7) is 1.47. The summed E-state index contributed by atoms with van der Waals surface area (Å²) in [5.41, 5.74) is -0.891. The van der Waals surface area contributed by atoms with E-state index in [-0.39, 0.29) is 11.8 Å². The largest absolute Gasteiger partial charge is 0.468 e. The molecule has 0 heterocycles. The molecule has 0 fully saturated rings. The van der Waals surface area contributed by atoms with Crippen LogP contribution in [-0.4, -0.2) is 18.9 Å². The molecule has 0 N–H and O–H groups in total. The van der Waals surface area contributed by atoms with Crippen LogP contribution in [0.4, 0.5) is 0 Å². The Labute approximate surface area is 84.1 Å². The van der Waals surface area contributed by atoms with E-state index in [0.717, 1.165) is 12.8 Å². The fraction of sp³-hybridized carbons (Fsp3) is 0.636. The fourth-order valence-electron chi connectivity index (χ4n) is 1.92. The van der Waals surface area contributed by atoms with E-state index in [1.165, 1.54) is 14.0 Å². The van der Waals surface area contributed by atoms with Gasteiger partial charge >= 0.3 is 5.97 Å². The number of ether oxygens (including phenoxy) is 1. The summed E-state index contributed by atoms with van der Waals surface area (Å²) in [4.78, 5) is 23.2. The summed E-state index contributed by atoms with van der Waals surface area (Å²) in [6.07, 6.45) is 6.74. The van der Waals surface area contributed by atoms with Gasteiger partial charge in [-0.15, -0.1) is 0 Å². The number of esters is 1. The Hall–Kier alpha value is -1.12. The zero-order valence-electron chi connectivity index (χ0n) is 8.71. The second-order valence-corrected chi connectivity index (χ2v) is 3.68. The highest BCUT2D eigenvalue weighted by molar-refractivity contribution is 6.02. The SMILES string of the molecule is COC(=O)C1(C(C)=O)CCC=CCC1. The number of allylic oxidation sites excluding steroid dienone is 2. The first-order valence-corrected chi connectivity index (χ1v) is 4.88. The van der Waals surface area contributed by atoms with Gasteiger partial charge < -0.3 is 4.74 Å². The maximum Gasteiger partial charge on any atom is 0.319 e. The quantitative estimate of drug-likeness (QED) is 0.384. The van der Waals surface area contributed by atoms with Crippen molar-refractivity contribution in [1.29, 1.82) is 0 Å². The van der Waals surface area contributed by atoms with E-state index < -0.39 is 5.41 Å². The Morgan fingerprint density at radius 2 is 1.71 bits per heavy atom. The van der Waals surface area contributed by atoms with Gasteiger partial charge in [-0.3, -0.25) is 9.59 Å². The lowest BCUT2D eigenvalue weighted by Gasteiger charge is -2.26. The molecule has 14 heavy (non-hydrogen) atoms. The van der Waals surface area contributed by atoms with Crippen LogP contribution in [0, 0.1) is 5.41 Å². The van der Waals surface area contributed by atoms with Gasteiger partial charge in [-0.25, -0.2) is 0 Å². The standard InChI is InChI=1S/C11H16O3/c1-9(12)11(10(13)14-2)7-5-3-4-6-8-11/h3-4H,5-8H2,1-2H3. The van der Waals surface area contributed by atoms with E-state index in [1.807, 2.05) is 12.2 Å². The Kier molecular flexibility index (Phi) is 3.44. The second kappa shape index (κ2) is 4.40. The van der Waals surface area contributed by atoms with Gasteiger partial charge in [0.05, 0.1) is 7.11 Å². The van der Waals surface area contributed by atoms with Gasteiger partial charge in [0.1, 0.15) is 11.2 Å². The predicted molar refractivity (Wildman–Crippen MR) is 52.7 cm³/mol. The highest BCUT2D eigenvalue weighted by atomic mass is 16.5. The Bertz CT molecular complexity index is 256. The summed E-state index contributed by atoms with van der Waals surface area (Å²) in [5, 5.41) is 0. The van der Waals surface area contributed by atoms with Crippen molar-refractivity contribution in [1.82, 2.24) is 0 Å². The highest BCUT2D eigenvalue weighted by Gasteiger charge is 2.43. The van der Waals surface area contributed by atoms with Crippen LogP contribution in [0.25, 0.3) is 0 Å². The van der Waals surface area contributed by atoms with Crippen molar-refractivity contribution in [3.05, 3.63) is 12.2 Å². The van der Waals surface area contributed by atoms with Gasteiger partial charge in [-0.2, -0.15) is 0 Å². The number of ketones is 1. The topological polar surface area (TPSA) is 43.4 Å². The van der Waals surface area contributed by atoms with E-state index in [9.17, 15) is 9.59 Å². The molecule has 0 atom stereocenters. The Morgan fingerprint density at radius 3 is 2.07 bits per heavy atom. The average molecular weight is 196 g/mol. The van der Waals surface area contributed by atoms with Gasteiger partial charge in [0.25, 0.3) is 0 Å². The number of Topliss-reactive ketones (excluding diaryl/α,β-unsaturated/α-hetero) is 1. The predicted octanol–water partition coefficient (Wildman–Crippen LogP) is 1.86. The van der Waals surface area contributed by atoms with Crippen molar-refractivity contribution < 1.29 is 14.3 Å². The number of carbonyl (C=O) groups is 2. The van der Waals surface area contributed by atoms with Gasteiger partial charge in [0.15, 0.2) is 0 Å². The molecule has 0 saturated carbocycles. The van der Waals surface area contributed by atoms with E-state index in [0.29, 0.717) is 12.8 Å². The Morgan fingerprint density at radius 1 is 1.21 bits per heavy atom. The van der Waals surface area contributed by atoms with Crippen LogP contribution in [0.1, 0.15) is 32.6 Å². The molecule has 0 aromatic rings. The number of hydrogen-bond acceptors (Lipinski definition) is 3. The maximum atomic E-state index is 11.6. The minimum Gasteiger partial charge on any atom is -0.468 e. The summed E-state index contributed by atoms with van der Waals surface area (Å²) < 4.78 is 4.72. The molecule has 3 nitrogen and oxygen atoms in total. The molecular weight excluding hydrogens is 180 g/mol. The third kappa shape index (κ3) is 1.86. The van der Waals surface area contributed by atoms with Crippen LogP contribution < -0.4 is 0 Å². The van der Waals surface area contributed by atoms with Crippen LogP contribution in [0.2, 0.25) is 0 Å². The van der Waals surface area contributed by atoms with Crippen molar-refractivity contribution in [2.75, 3.05) is 7.11 Å². The molecule has 1 rings (SSSR count). The van der Waals surface area contributed by atoms with Crippen LogP contribution in [0.3, 0.4) is 0 Å². The van der Waals surface area contributed by atoms with Crippen molar-refractivity contribution in [3.63, 3.8) is 0 Å². The first-order chi connectivity index (χ1) is 6.63. The molecule has 0 amide bonds. The first-order valence-electron chi connectivity index (χ1n) is 4.88. The highest BCUT2D eigenvalue weighted by Crippen LogP contribution is 2.34. The summed E-state index contributed by atoms with van der Waals surface area (Å²) in [6, 6.07) is 0. The lowest BCUT2D eigenvalue weighted by molar-refractivity contribution is -0.158. The maximum absolute atomic E-state index is 11.6. The van der Waals surface area contributed by atoms with Crippen LogP contribution >= 0.6 is 0 Å². The van der Waals surface area contributed by atoms with E-state index in [4.69, 9.17) is 4.74 Å². The smallest absolute Gasteiger partial charge is 0.319 e. The van der Waals surface area contributed by atoms with Crippen molar-refractivity contribution >= 4 is 11.8 Å². The van der Waals surface area contributed by atoms with Crippen LogP contribution in [0.15, 0.2) is 12.2 Å². The summed E-state index contributed by atoms with van der Waals surface area (Å²) in [7, 11) is 1.34. The zero-order chi connectivity index (χ0) is 10.6. The molecule has 0 radical (unpaired) electrons. The number of rotatable bonds is 2. The third-order valence-electron chi connectivity index (χ3n) is 2.89. The zero-order valence-corrected chi connectivity index (χ0v) is 8.71. The van der Waals surface area contributed by atoms with Gasteiger partial charge in [-0.1, -0.05) is 12.2 Å². The van der Waals surface area contributed by atoms with Gasteiger partial charge in [0, 0.05) is 0 Å². The first kappa shape index (κ1) is 11.0. The van der Waals surface area contributed by atoms with Crippen molar-refractivity contribution in [2.45, 2.75) is 32.6 Å². The molecule has 3 heteroatoms. The molecule has 78 valence electrons. The molecule has 1 aliphatic rings. The molecule has 0 aromatic heterocycles. The fourth-order valence-corrected chi connectivity index (χ4v) is 1.92. The van der Waals surface area contributed by atoms with E-state index in [1.54, 1.807) is 0 Å². The molecule has 0 spiro atoms. The lowest BCUT2D eigenvalue weighted by atomic mass is 9.77. The monoisotopic (exact) mass is 196 g/mol. The summed E-state index contributed by atoms with van der Waals surface area (Å²) in [5.74, 6) is -0.457. The molecular formula is C11H16O3. The average Bonchev–Trinajstić information content (AvgIpc) is 2.42. The van der Waals surface area contributed by atoms with E-state index in [2.05, 4.69) is 0 Å². The van der Waals surface area contributed by atoms with Crippen molar-refractivity contribution in [3.8, 4) is 0 Å². The summed E-state index contributed by atoms with van der Waals surface area (Å²) >= 11 is 0. The lowest BCUT2D eigenvalue weighted by Crippen LogP contribution is -2.38. The molecule has 0 aliphatic heterocycles. The van der Waals surface area contributed by atoms with Gasteiger partial charge in [-0.05, 0) is 32.6 Å². The minimum absolute atomic E-state index is 0.0759. The number of methoxy groups -OCH3 is 1. The van der Waals surface area contributed by atoms with Crippen LogP contribution in [0.5, 0.6) is 0 Å². The van der Waals surface area contributed by atoms with Crippen LogP contribution in [-0.2, 0) is 14.3 Å². The third-order valence-corrected chi connectivity index (χ3v) is 2.89. The van der Waals surface area contributed by atoms with Crippen molar-refractivity contribution in [2.24, 2.45) is 5.41 Å². The molecule has 0 aromatic carbocycles. The molecule has 1 aliphatic carbocycles. The second-order valence-electron chi connectivity index (χ2n) is 3.68. The number of hydrogen-bond donors (Lipinski definition) is 0. The minimum atomic E-state index is -0.891. The molecule has 0 unspecified atom stereocenters. The number of carbonyl (C=O) groups excluding carboxylic acids is 2. The molecule has 0 bridgehead atoms. The Balaban J connectivity index is 2.91.